The molecule has 3 heterocycles. The third-order valence-corrected chi connectivity index (χ3v) is 5.17. The van der Waals surface area contributed by atoms with Crippen molar-refractivity contribution in [3.8, 4) is 5.75 Å². The Labute approximate surface area is 146 Å². The van der Waals surface area contributed by atoms with E-state index >= 15 is 0 Å². The maximum absolute atomic E-state index is 12.6. The standard InChI is InChI=1S/C15H21N3O3S.ClH/c1-21-12-7-13(22-10-12)15(20)17-5-2-3-11(9-17)18-6-4-16-8-14(18)19;/h7,10-11,16H,2-6,8-9H2,1H3;1H. The van der Waals surface area contributed by atoms with Gasteiger partial charge in [0.25, 0.3) is 5.91 Å². The minimum absolute atomic E-state index is 0. The summed E-state index contributed by atoms with van der Waals surface area (Å²) in [5, 5.41) is 4.93. The average molecular weight is 360 g/mol. The van der Waals surface area contributed by atoms with Crippen molar-refractivity contribution in [1.82, 2.24) is 15.1 Å². The quantitative estimate of drug-likeness (QED) is 0.881. The summed E-state index contributed by atoms with van der Waals surface area (Å²) in [6.07, 6.45) is 1.92. The van der Waals surface area contributed by atoms with Gasteiger partial charge in [-0.25, -0.2) is 0 Å². The lowest BCUT2D eigenvalue weighted by molar-refractivity contribution is -0.135. The number of methoxy groups -OCH3 is 1. The minimum atomic E-state index is 0. The number of nitrogens with one attached hydrogen (secondary N) is 1. The highest BCUT2D eigenvalue weighted by Crippen LogP contribution is 2.25. The van der Waals surface area contributed by atoms with Crippen LogP contribution in [0.25, 0.3) is 0 Å². The largest absolute Gasteiger partial charge is 0.496 e. The molecule has 0 bridgehead atoms. The number of carbonyl (C=O) groups is 2. The van der Waals surface area contributed by atoms with Crippen molar-refractivity contribution in [2.75, 3.05) is 39.8 Å². The molecule has 0 radical (unpaired) electrons. The molecule has 0 aliphatic carbocycles. The summed E-state index contributed by atoms with van der Waals surface area (Å²) in [7, 11) is 1.60. The third-order valence-electron chi connectivity index (χ3n) is 4.27. The third kappa shape index (κ3) is 3.97. The summed E-state index contributed by atoms with van der Waals surface area (Å²) in [4.78, 5) is 29.1. The van der Waals surface area contributed by atoms with Gasteiger partial charge in [0.1, 0.15) is 5.75 Å². The number of amides is 2. The van der Waals surface area contributed by atoms with E-state index in [2.05, 4.69) is 5.32 Å². The highest BCUT2D eigenvalue weighted by molar-refractivity contribution is 7.12. The van der Waals surface area contributed by atoms with Crippen molar-refractivity contribution in [3.63, 3.8) is 0 Å². The fourth-order valence-corrected chi connectivity index (χ4v) is 3.92. The Bertz CT molecular complexity index is 566. The van der Waals surface area contributed by atoms with Crippen LogP contribution >= 0.6 is 23.7 Å². The molecule has 2 aliphatic heterocycles. The van der Waals surface area contributed by atoms with E-state index in [4.69, 9.17) is 4.74 Å². The first kappa shape index (κ1) is 18.0. The second-order valence-corrected chi connectivity index (χ2v) is 6.57. The van der Waals surface area contributed by atoms with Gasteiger partial charge in [-0.05, 0) is 12.8 Å². The summed E-state index contributed by atoms with van der Waals surface area (Å²) in [5.41, 5.74) is 0. The molecule has 23 heavy (non-hydrogen) atoms. The van der Waals surface area contributed by atoms with E-state index < -0.39 is 0 Å². The van der Waals surface area contributed by atoms with Crippen molar-refractivity contribution in [1.29, 1.82) is 0 Å². The minimum Gasteiger partial charge on any atom is -0.496 e. The van der Waals surface area contributed by atoms with E-state index in [0.29, 0.717) is 18.0 Å². The Morgan fingerprint density at radius 2 is 2.26 bits per heavy atom. The van der Waals surface area contributed by atoms with Gasteiger partial charge in [-0.15, -0.1) is 23.7 Å². The van der Waals surface area contributed by atoms with Gasteiger partial charge in [-0.2, -0.15) is 0 Å². The van der Waals surface area contributed by atoms with E-state index in [1.807, 2.05) is 15.2 Å². The summed E-state index contributed by atoms with van der Waals surface area (Å²) in [6.45, 7) is 3.36. The van der Waals surface area contributed by atoms with Crippen molar-refractivity contribution in [3.05, 3.63) is 16.3 Å². The van der Waals surface area contributed by atoms with Crippen molar-refractivity contribution in [2.45, 2.75) is 18.9 Å². The van der Waals surface area contributed by atoms with Crippen LogP contribution in [0.5, 0.6) is 5.75 Å². The van der Waals surface area contributed by atoms with Crippen LogP contribution in [0.15, 0.2) is 11.4 Å². The van der Waals surface area contributed by atoms with Gasteiger partial charge < -0.3 is 19.9 Å². The molecule has 0 aromatic carbocycles. The highest BCUT2D eigenvalue weighted by atomic mass is 35.5. The maximum atomic E-state index is 12.6. The Kier molecular flexibility index (Phi) is 6.26. The average Bonchev–Trinajstić information content (AvgIpc) is 3.04. The molecule has 1 N–H and O–H groups in total. The monoisotopic (exact) mass is 359 g/mol. The fraction of sp³-hybridized carbons (Fsp3) is 0.600. The van der Waals surface area contributed by atoms with E-state index in [0.717, 1.165) is 38.2 Å². The van der Waals surface area contributed by atoms with Crippen LogP contribution in [-0.2, 0) is 4.79 Å². The molecule has 2 amide bonds. The number of ether oxygens (including phenoxy) is 1. The van der Waals surface area contributed by atoms with Crippen LogP contribution in [-0.4, -0.2) is 67.5 Å². The molecule has 1 aromatic rings. The number of piperazine rings is 1. The molecular formula is C15H22ClN3O3S. The number of likely N-dealkylation sites (tertiary alicyclic amines) is 1. The molecular weight excluding hydrogens is 338 g/mol. The number of hydrogen-bond donors (Lipinski definition) is 1. The number of hydrogen-bond acceptors (Lipinski definition) is 5. The molecule has 128 valence electrons. The molecule has 0 saturated carbocycles. The topological polar surface area (TPSA) is 61.9 Å². The molecule has 6 nitrogen and oxygen atoms in total. The van der Waals surface area contributed by atoms with E-state index in [1.165, 1.54) is 11.3 Å². The van der Waals surface area contributed by atoms with Crippen LogP contribution in [0.2, 0.25) is 0 Å². The SMILES string of the molecule is COc1csc(C(=O)N2CCCC(N3CCNCC3=O)C2)c1.Cl. The normalized spacial score (nSPS) is 21.8. The van der Waals surface area contributed by atoms with E-state index in [-0.39, 0.29) is 30.3 Å². The summed E-state index contributed by atoms with van der Waals surface area (Å²) >= 11 is 1.41. The molecule has 8 heteroatoms. The van der Waals surface area contributed by atoms with Crippen LogP contribution in [0.1, 0.15) is 22.5 Å². The molecule has 1 atom stereocenters. The smallest absolute Gasteiger partial charge is 0.264 e. The van der Waals surface area contributed by atoms with Gasteiger partial charge in [0.15, 0.2) is 0 Å². The second kappa shape index (κ2) is 7.99. The van der Waals surface area contributed by atoms with Gasteiger partial charge in [0.2, 0.25) is 5.91 Å². The lowest BCUT2D eigenvalue weighted by Crippen LogP contribution is -2.57. The Hall–Kier alpha value is -1.31. The Morgan fingerprint density at radius 3 is 2.96 bits per heavy atom. The van der Waals surface area contributed by atoms with Gasteiger partial charge in [-0.3, -0.25) is 9.59 Å². The molecule has 0 spiro atoms. The van der Waals surface area contributed by atoms with Crippen molar-refractivity contribution >= 4 is 35.6 Å². The summed E-state index contributed by atoms with van der Waals surface area (Å²) in [5.74, 6) is 0.906. The second-order valence-electron chi connectivity index (χ2n) is 5.66. The highest BCUT2D eigenvalue weighted by Gasteiger charge is 2.32. The zero-order valence-corrected chi connectivity index (χ0v) is 14.8. The first-order valence-corrected chi connectivity index (χ1v) is 8.49. The van der Waals surface area contributed by atoms with Gasteiger partial charge in [0.05, 0.1) is 18.5 Å². The summed E-state index contributed by atoms with van der Waals surface area (Å²) in [6, 6.07) is 1.93. The predicted molar refractivity (Wildman–Crippen MR) is 91.6 cm³/mol. The zero-order valence-electron chi connectivity index (χ0n) is 13.1. The van der Waals surface area contributed by atoms with E-state index in [1.54, 1.807) is 13.2 Å². The van der Waals surface area contributed by atoms with Gasteiger partial charge >= 0.3 is 0 Å². The van der Waals surface area contributed by atoms with Crippen LogP contribution < -0.4 is 10.1 Å². The molecule has 1 aromatic heterocycles. The van der Waals surface area contributed by atoms with Crippen LogP contribution in [0.3, 0.4) is 0 Å². The van der Waals surface area contributed by atoms with Crippen molar-refractivity contribution in [2.24, 2.45) is 0 Å². The number of rotatable bonds is 3. The summed E-state index contributed by atoms with van der Waals surface area (Å²) < 4.78 is 5.14. The number of piperidine rings is 1. The molecule has 2 aliphatic rings. The molecule has 2 saturated heterocycles. The predicted octanol–water partition coefficient (Wildman–Crippen LogP) is 1.21. The van der Waals surface area contributed by atoms with Gasteiger partial charge in [0, 0.05) is 43.7 Å². The lowest BCUT2D eigenvalue weighted by atomic mass is 10.0. The maximum Gasteiger partial charge on any atom is 0.264 e. The molecule has 1 unspecified atom stereocenters. The first-order valence-electron chi connectivity index (χ1n) is 7.61. The Balaban J connectivity index is 0.00000192. The fourth-order valence-electron chi connectivity index (χ4n) is 3.09. The van der Waals surface area contributed by atoms with Crippen molar-refractivity contribution < 1.29 is 14.3 Å². The zero-order chi connectivity index (χ0) is 15.5. The number of thiophene rings is 1. The number of halogens is 1. The first-order chi connectivity index (χ1) is 10.7. The van der Waals surface area contributed by atoms with Gasteiger partial charge in [-0.1, -0.05) is 0 Å². The molecule has 2 fully saturated rings. The number of carbonyl (C=O) groups excluding carboxylic acids is 2. The van der Waals surface area contributed by atoms with Crippen LogP contribution in [0.4, 0.5) is 0 Å². The number of nitrogens with zero attached hydrogens (tertiary/aromatic N) is 2. The molecule has 3 rings (SSSR count). The lowest BCUT2D eigenvalue weighted by Gasteiger charge is -2.41. The Morgan fingerprint density at radius 1 is 1.43 bits per heavy atom. The van der Waals surface area contributed by atoms with Crippen LogP contribution in [0, 0.1) is 0 Å². The van der Waals surface area contributed by atoms with E-state index in [9.17, 15) is 9.59 Å².